The summed E-state index contributed by atoms with van der Waals surface area (Å²) in [4.78, 5) is 0. The molecular formula is H8Cl2Si4. The molecule has 0 saturated carbocycles. The molecule has 6 heteroatoms. The molecule has 0 saturated heterocycles. The van der Waals surface area contributed by atoms with Gasteiger partial charge in [0, 0.05) is 17.1 Å². The predicted octanol–water partition coefficient (Wildman–Crippen LogP) is -2.29. The summed E-state index contributed by atoms with van der Waals surface area (Å²) >= 11 is 11.2. The maximum atomic E-state index is 5.58. The fraction of sp³-hybridized carbons (Fsp3) is 0. The Morgan fingerprint density at radius 1 is 0.833 bits per heavy atom. The summed E-state index contributed by atoms with van der Waals surface area (Å²) in [6, 6.07) is 0. The topological polar surface area (TPSA) is 0 Å². The Labute approximate surface area is 56.1 Å². The molecule has 0 rings (SSSR count). The molecule has 6 heavy (non-hydrogen) atoms. The lowest BCUT2D eigenvalue weighted by Crippen LogP contribution is -2.11. The maximum Gasteiger partial charge on any atom is 0.106 e. The van der Waals surface area contributed by atoms with Gasteiger partial charge in [0.15, 0.2) is 0 Å². The Bertz CT molecular complexity index is 17.5. The van der Waals surface area contributed by atoms with Crippen LogP contribution < -0.4 is 0 Å². The second-order valence-electron chi connectivity index (χ2n) is 1.09. The quantitative estimate of drug-likeness (QED) is 0.268. The molecule has 0 aliphatic carbocycles. The summed E-state index contributed by atoms with van der Waals surface area (Å²) in [5.41, 5.74) is 0. The molecule has 0 aliphatic heterocycles. The largest absolute Gasteiger partial charge is 0.181 e. The Hall–Kier alpha value is 1.45. The monoisotopic (exact) mass is 190 g/mol. The van der Waals surface area contributed by atoms with Crippen LogP contribution in [0.3, 0.4) is 0 Å². The van der Waals surface area contributed by atoms with Crippen LogP contribution in [0.4, 0.5) is 0 Å². The second-order valence-corrected chi connectivity index (χ2v) is 29.3. The van der Waals surface area contributed by atoms with Crippen LogP contribution in [-0.4, -0.2) is 33.8 Å². The van der Waals surface area contributed by atoms with Gasteiger partial charge in [-0.15, -0.1) is 0 Å². The zero-order valence-electron chi connectivity index (χ0n) is 3.58. The molecule has 0 spiro atoms. The van der Waals surface area contributed by atoms with E-state index in [1.54, 1.807) is 0 Å². The maximum absolute atomic E-state index is 5.58. The summed E-state index contributed by atoms with van der Waals surface area (Å²) < 4.78 is 0. The third-order valence-corrected chi connectivity index (χ3v) is 41.9. The first-order chi connectivity index (χ1) is 2.91. The van der Waals surface area contributed by atoms with E-state index in [2.05, 4.69) is 0 Å². The predicted molar refractivity (Wildman–Crippen MR) is 45.9 cm³/mol. The van der Waals surface area contributed by atoms with Crippen LogP contribution >= 0.6 is 22.2 Å². The fourth-order valence-electron chi connectivity index (χ4n) is 0.189. The minimum atomic E-state index is 0.0261. The number of rotatable bonds is 3. The van der Waals surface area contributed by atoms with E-state index in [1.165, 1.54) is 0 Å². The van der Waals surface area contributed by atoms with E-state index in [0.29, 0.717) is 17.1 Å². The normalized spacial score (nSPS) is 17.0. The smallest absolute Gasteiger partial charge is 0.106 e. The number of hydrogen-bond acceptors (Lipinski definition) is 0. The minimum absolute atomic E-state index is 0.0261. The van der Waals surface area contributed by atoms with E-state index in [-0.39, 0.29) is 16.7 Å². The summed E-state index contributed by atoms with van der Waals surface area (Å²) in [7, 11) is 0.842. The zero-order chi connectivity index (χ0) is 4.83. The van der Waals surface area contributed by atoms with Crippen LogP contribution in [0.5, 0.6) is 0 Å². The molecule has 0 fully saturated rings. The SMILES string of the molecule is Cl[SiH2][SiH2][SiH2][SiH2]Cl. The van der Waals surface area contributed by atoms with E-state index in [1.807, 2.05) is 0 Å². The van der Waals surface area contributed by atoms with E-state index < -0.39 is 0 Å². The number of halogens is 2. The summed E-state index contributed by atoms with van der Waals surface area (Å²) in [6.45, 7) is 0. The Balaban J connectivity index is 2.34. The zero-order valence-corrected chi connectivity index (χ0v) is 10.8. The highest BCUT2D eigenvalue weighted by atomic mass is 35.6. The first-order valence-electron chi connectivity index (χ1n) is 2.03. The first kappa shape index (κ1) is 7.45. The molecule has 0 radical (unpaired) electrons. The third kappa shape index (κ3) is 5.45. The van der Waals surface area contributed by atoms with Crippen LogP contribution in [0, 0.1) is 0 Å². The van der Waals surface area contributed by atoms with Crippen molar-refractivity contribution in [2.45, 2.75) is 0 Å². The molecule has 0 aliphatic rings. The minimum Gasteiger partial charge on any atom is -0.181 e. The number of hydrogen-bond donors (Lipinski definition) is 0. The van der Waals surface area contributed by atoms with Crippen molar-refractivity contribution in [2.75, 3.05) is 0 Å². The van der Waals surface area contributed by atoms with Gasteiger partial charge >= 0.3 is 0 Å². The van der Waals surface area contributed by atoms with E-state index in [0.717, 1.165) is 0 Å². The molecular weight excluding hydrogens is 183 g/mol. The van der Waals surface area contributed by atoms with Gasteiger partial charge in [-0.05, 0) is 0 Å². The molecule has 0 N–H and O–H groups in total. The molecule has 0 bridgehead atoms. The van der Waals surface area contributed by atoms with Crippen molar-refractivity contribution in [3.63, 3.8) is 0 Å². The van der Waals surface area contributed by atoms with Gasteiger partial charge in [0.2, 0.25) is 0 Å². The average molecular weight is 191 g/mol. The molecule has 0 nitrogen and oxygen atoms in total. The van der Waals surface area contributed by atoms with E-state index in [4.69, 9.17) is 22.2 Å². The van der Waals surface area contributed by atoms with Gasteiger partial charge in [-0.3, -0.25) is 0 Å². The molecule has 0 aromatic carbocycles. The van der Waals surface area contributed by atoms with Crippen molar-refractivity contribution in [1.82, 2.24) is 0 Å². The molecule has 0 unspecified atom stereocenters. The van der Waals surface area contributed by atoms with Crippen molar-refractivity contribution >= 4 is 56.0 Å². The Morgan fingerprint density at radius 3 is 1.33 bits per heavy atom. The highest BCUT2D eigenvalue weighted by molar-refractivity contribution is 7.57. The van der Waals surface area contributed by atoms with Gasteiger partial charge in [0.05, 0.1) is 0 Å². The van der Waals surface area contributed by atoms with Crippen molar-refractivity contribution in [3.05, 3.63) is 0 Å². The third-order valence-electron chi connectivity index (χ3n) is 0.517. The second kappa shape index (κ2) is 6.45. The summed E-state index contributed by atoms with van der Waals surface area (Å²) in [6.07, 6.45) is 0. The van der Waals surface area contributed by atoms with Gasteiger partial charge < -0.3 is 0 Å². The molecule has 0 amide bonds. The lowest BCUT2D eigenvalue weighted by atomic mass is 26.4. The molecule has 0 heterocycles. The van der Waals surface area contributed by atoms with Crippen LogP contribution in [0.1, 0.15) is 0 Å². The summed E-state index contributed by atoms with van der Waals surface area (Å²) in [5, 5.41) is 0. The van der Waals surface area contributed by atoms with Gasteiger partial charge in [0.1, 0.15) is 16.7 Å². The van der Waals surface area contributed by atoms with Crippen molar-refractivity contribution in [3.8, 4) is 0 Å². The summed E-state index contributed by atoms with van der Waals surface area (Å²) in [5.74, 6) is 0. The van der Waals surface area contributed by atoms with Gasteiger partial charge in [0.25, 0.3) is 0 Å². The Kier molecular flexibility index (Phi) is 8.00. The molecule has 0 atom stereocenters. The molecule has 0 aromatic heterocycles. The van der Waals surface area contributed by atoms with Gasteiger partial charge in [-0.25, -0.2) is 0 Å². The van der Waals surface area contributed by atoms with E-state index in [9.17, 15) is 0 Å². The van der Waals surface area contributed by atoms with Crippen LogP contribution in [-0.2, 0) is 0 Å². The highest BCUT2D eigenvalue weighted by Crippen LogP contribution is 1.65. The average Bonchev–Trinajstić information content (AvgIpc) is 1.61. The standard InChI is InChI=1S/Cl2H8Si4/c1-3-5-6-4-2/h3-6H2. The first-order valence-corrected chi connectivity index (χ1v) is 18.3. The van der Waals surface area contributed by atoms with Crippen LogP contribution in [0.2, 0.25) is 0 Å². The molecule has 0 aromatic rings. The lowest BCUT2D eigenvalue weighted by Gasteiger charge is -1.78. The highest BCUT2D eigenvalue weighted by Gasteiger charge is 1.83. The Morgan fingerprint density at radius 2 is 1.17 bits per heavy atom. The van der Waals surface area contributed by atoms with Crippen molar-refractivity contribution in [1.29, 1.82) is 0 Å². The van der Waals surface area contributed by atoms with Gasteiger partial charge in [-0.2, -0.15) is 22.2 Å². The van der Waals surface area contributed by atoms with E-state index >= 15 is 0 Å². The van der Waals surface area contributed by atoms with Crippen molar-refractivity contribution in [2.24, 2.45) is 0 Å². The molecule has 38 valence electrons. The fourth-order valence-corrected chi connectivity index (χ4v) is 45.9. The lowest BCUT2D eigenvalue weighted by molar-refractivity contribution is 3.96. The van der Waals surface area contributed by atoms with Gasteiger partial charge in [-0.1, -0.05) is 0 Å². The van der Waals surface area contributed by atoms with Crippen LogP contribution in [0.25, 0.3) is 0 Å². The van der Waals surface area contributed by atoms with Crippen molar-refractivity contribution < 1.29 is 0 Å². The van der Waals surface area contributed by atoms with Crippen LogP contribution in [0.15, 0.2) is 0 Å².